The minimum atomic E-state index is -0.598. The molecule has 0 radical (unpaired) electrons. The maximum absolute atomic E-state index is 12.6. The van der Waals surface area contributed by atoms with Gasteiger partial charge in [-0.25, -0.2) is 9.48 Å². The van der Waals surface area contributed by atoms with Crippen LogP contribution in [0.1, 0.15) is 15.4 Å². The standard InChI is InChI=1S/C23H20ClN3O5S/c1-13-17-11-20(33-22(17)27(26-13)19-7-5-4-6-18(19)24)23(29)32-12-21(28)25-14-8-15(30-2)10-16(9-14)31-3/h4-11H,12H2,1-3H3,(H,25,28). The Labute approximate surface area is 198 Å². The molecule has 2 aromatic heterocycles. The van der Waals surface area contributed by atoms with E-state index in [0.29, 0.717) is 32.8 Å². The number of benzene rings is 2. The first kappa shape index (κ1) is 22.6. The maximum atomic E-state index is 12.6. The number of aromatic nitrogens is 2. The fraction of sp³-hybridized carbons (Fsp3) is 0.174. The van der Waals surface area contributed by atoms with Crippen molar-refractivity contribution >= 4 is 50.7 Å². The molecule has 0 unspecified atom stereocenters. The quantitative estimate of drug-likeness (QED) is 0.376. The first-order valence-corrected chi connectivity index (χ1v) is 11.0. The van der Waals surface area contributed by atoms with E-state index in [4.69, 9.17) is 25.8 Å². The largest absolute Gasteiger partial charge is 0.497 e. The van der Waals surface area contributed by atoms with Crippen molar-refractivity contribution in [2.75, 3.05) is 26.1 Å². The van der Waals surface area contributed by atoms with Gasteiger partial charge in [0.1, 0.15) is 21.2 Å². The van der Waals surface area contributed by atoms with Gasteiger partial charge in [-0.2, -0.15) is 5.10 Å². The number of nitrogens with one attached hydrogen (secondary N) is 1. The summed E-state index contributed by atoms with van der Waals surface area (Å²) in [4.78, 5) is 26.0. The number of fused-ring (bicyclic) bond motifs is 1. The van der Waals surface area contributed by atoms with Crippen molar-refractivity contribution in [3.63, 3.8) is 0 Å². The monoisotopic (exact) mass is 485 g/mol. The normalized spacial score (nSPS) is 10.8. The number of anilines is 1. The minimum Gasteiger partial charge on any atom is -0.497 e. The van der Waals surface area contributed by atoms with Crippen molar-refractivity contribution in [1.82, 2.24) is 9.78 Å². The zero-order valence-corrected chi connectivity index (χ0v) is 19.6. The Morgan fingerprint density at radius 3 is 2.45 bits per heavy atom. The van der Waals surface area contributed by atoms with E-state index in [-0.39, 0.29) is 0 Å². The lowest BCUT2D eigenvalue weighted by Crippen LogP contribution is -2.20. The lowest BCUT2D eigenvalue weighted by molar-refractivity contribution is -0.119. The number of aryl methyl sites for hydroxylation is 1. The Balaban J connectivity index is 1.47. The van der Waals surface area contributed by atoms with E-state index in [2.05, 4.69) is 10.4 Å². The third-order valence-corrected chi connectivity index (χ3v) is 6.21. The van der Waals surface area contributed by atoms with Crippen molar-refractivity contribution in [1.29, 1.82) is 0 Å². The maximum Gasteiger partial charge on any atom is 0.348 e. The summed E-state index contributed by atoms with van der Waals surface area (Å²) < 4.78 is 17.3. The highest BCUT2D eigenvalue weighted by Gasteiger charge is 2.20. The summed E-state index contributed by atoms with van der Waals surface area (Å²) in [5, 5.41) is 8.57. The fourth-order valence-corrected chi connectivity index (χ4v) is 4.50. The summed E-state index contributed by atoms with van der Waals surface area (Å²) >= 11 is 7.54. The van der Waals surface area contributed by atoms with Gasteiger partial charge >= 0.3 is 5.97 Å². The predicted molar refractivity (Wildman–Crippen MR) is 127 cm³/mol. The molecule has 0 saturated carbocycles. The average Bonchev–Trinajstić information content (AvgIpc) is 3.38. The molecule has 8 nitrogen and oxygen atoms in total. The second kappa shape index (κ2) is 9.51. The summed E-state index contributed by atoms with van der Waals surface area (Å²) in [5.74, 6) is -0.0393. The molecule has 0 fully saturated rings. The van der Waals surface area contributed by atoms with Gasteiger partial charge in [0.25, 0.3) is 5.91 Å². The molecule has 0 bridgehead atoms. The Bertz CT molecular complexity index is 1330. The van der Waals surface area contributed by atoms with Gasteiger partial charge in [-0.1, -0.05) is 23.7 Å². The smallest absolute Gasteiger partial charge is 0.348 e. The number of ether oxygens (including phenoxy) is 3. The van der Waals surface area contributed by atoms with Gasteiger partial charge in [0.15, 0.2) is 6.61 Å². The Hall–Kier alpha value is -3.56. The highest BCUT2D eigenvalue weighted by Crippen LogP contribution is 2.32. The number of hydrogen-bond donors (Lipinski definition) is 1. The number of carbonyl (C=O) groups is 2. The van der Waals surface area contributed by atoms with Gasteiger partial charge in [-0.15, -0.1) is 11.3 Å². The van der Waals surface area contributed by atoms with E-state index in [9.17, 15) is 9.59 Å². The fourth-order valence-electron chi connectivity index (χ4n) is 3.21. The third-order valence-electron chi connectivity index (χ3n) is 4.80. The molecule has 10 heteroatoms. The molecule has 170 valence electrons. The van der Waals surface area contributed by atoms with Crippen molar-refractivity contribution in [2.24, 2.45) is 0 Å². The van der Waals surface area contributed by atoms with Crippen LogP contribution in [0.5, 0.6) is 11.5 Å². The molecule has 1 N–H and O–H groups in total. The van der Waals surface area contributed by atoms with E-state index < -0.39 is 18.5 Å². The molecule has 4 rings (SSSR count). The first-order valence-electron chi connectivity index (χ1n) is 9.83. The number of esters is 1. The van der Waals surface area contributed by atoms with Gasteiger partial charge < -0.3 is 19.5 Å². The topological polar surface area (TPSA) is 91.7 Å². The van der Waals surface area contributed by atoms with E-state index in [1.165, 1.54) is 25.6 Å². The first-order chi connectivity index (χ1) is 15.9. The molecule has 0 aliphatic heterocycles. The molecule has 33 heavy (non-hydrogen) atoms. The number of hydrogen-bond acceptors (Lipinski definition) is 7. The van der Waals surface area contributed by atoms with E-state index >= 15 is 0 Å². The van der Waals surface area contributed by atoms with Gasteiger partial charge in [0, 0.05) is 29.3 Å². The SMILES string of the molecule is COc1cc(NC(=O)COC(=O)c2cc3c(C)nn(-c4ccccc4Cl)c3s2)cc(OC)c1. The van der Waals surface area contributed by atoms with Crippen LogP contribution in [0.3, 0.4) is 0 Å². The van der Waals surface area contributed by atoms with Crippen LogP contribution in [0.15, 0.2) is 48.5 Å². The molecular formula is C23H20ClN3O5S. The van der Waals surface area contributed by atoms with Gasteiger partial charge in [-0.05, 0) is 25.1 Å². The molecule has 0 spiro atoms. The van der Waals surface area contributed by atoms with Crippen LogP contribution in [0.25, 0.3) is 15.9 Å². The Morgan fingerprint density at radius 1 is 1.09 bits per heavy atom. The lowest BCUT2D eigenvalue weighted by atomic mass is 10.2. The highest BCUT2D eigenvalue weighted by atomic mass is 35.5. The summed E-state index contributed by atoms with van der Waals surface area (Å²) in [6, 6.07) is 14.0. The summed E-state index contributed by atoms with van der Waals surface area (Å²) in [6.45, 7) is 1.41. The molecule has 0 saturated heterocycles. The van der Waals surface area contributed by atoms with E-state index in [1.807, 2.05) is 25.1 Å². The van der Waals surface area contributed by atoms with Crippen LogP contribution in [0, 0.1) is 6.92 Å². The Kier molecular flexibility index (Phi) is 6.52. The Morgan fingerprint density at radius 2 is 1.79 bits per heavy atom. The van der Waals surface area contributed by atoms with Crippen LogP contribution >= 0.6 is 22.9 Å². The molecule has 0 aliphatic carbocycles. The van der Waals surface area contributed by atoms with E-state index in [0.717, 1.165) is 15.9 Å². The number of rotatable bonds is 7. The van der Waals surface area contributed by atoms with Crippen molar-refractivity contribution in [3.8, 4) is 17.2 Å². The second-order valence-electron chi connectivity index (χ2n) is 7.00. The molecule has 1 amide bonds. The minimum absolute atomic E-state index is 0.363. The lowest BCUT2D eigenvalue weighted by Gasteiger charge is -2.10. The molecule has 2 aromatic carbocycles. The van der Waals surface area contributed by atoms with Gasteiger partial charge in [-0.3, -0.25) is 4.79 Å². The van der Waals surface area contributed by atoms with Crippen LogP contribution < -0.4 is 14.8 Å². The second-order valence-corrected chi connectivity index (χ2v) is 8.44. The number of carbonyl (C=O) groups excluding carboxylic acids is 2. The number of methoxy groups -OCH3 is 2. The van der Waals surface area contributed by atoms with Crippen molar-refractivity contribution in [3.05, 3.63) is 64.1 Å². The van der Waals surface area contributed by atoms with E-state index in [1.54, 1.807) is 35.0 Å². The van der Waals surface area contributed by atoms with Crippen LogP contribution in [0.4, 0.5) is 5.69 Å². The zero-order chi connectivity index (χ0) is 23.5. The summed E-state index contributed by atoms with van der Waals surface area (Å²) in [6.07, 6.45) is 0. The number of nitrogens with zero attached hydrogens (tertiary/aromatic N) is 2. The number of para-hydroxylation sites is 1. The zero-order valence-electron chi connectivity index (χ0n) is 18.0. The van der Waals surface area contributed by atoms with Gasteiger partial charge in [0.2, 0.25) is 0 Å². The third kappa shape index (κ3) is 4.79. The van der Waals surface area contributed by atoms with Crippen LogP contribution in [-0.4, -0.2) is 42.5 Å². The van der Waals surface area contributed by atoms with Crippen LogP contribution in [-0.2, 0) is 9.53 Å². The predicted octanol–water partition coefficient (Wildman–Crippen LogP) is 4.86. The summed E-state index contributed by atoms with van der Waals surface area (Å²) in [5.41, 5.74) is 1.93. The van der Waals surface area contributed by atoms with Crippen molar-refractivity contribution < 1.29 is 23.8 Å². The molecule has 4 aromatic rings. The average molecular weight is 486 g/mol. The number of halogens is 1. The number of amides is 1. The molecular weight excluding hydrogens is 466 g/mol. The van der Waals surface area contributed by atoms with Gasteiger partial charge in [0.05, 0.1) is 30.6 Å². The summed E-state index contributed by atoms with van der Waals surface area (Å²) in [7, 11) is 3.03. The molecule has 2 heterocycles. The van der Waals surface area contributed by atoms with Crippen molar-refractivity contribution in [2.45, 2.75) is 6.92 Å². The molecule has 0 atom stereocenters. The highest BCUT2D eigenvalue weighted by molar-refractivity contribution is 7.20. The van der Waals surface area contributed by atoms with Crippen LogP contribution in [0.2, 0.25) is 5.02 Å². The number of thiophene rings is 1. The molecule has 0 aliphatic rings.